The van der Waals surface area contributed by atoms with E-state index in [-0.39, 0.29) is 78.7 Å². The first-order valence-corrected chi connectivity index (χ1v) is 20.3. The zero-order valence-electron chi connectivity index (χ0n) is 33.2. The van der Waals surface area contributed by atoms with Crippen molar-refractivity contribution >= 4 is 35.1 Å². The van der Waals surface area contributed by atoms with E-state index < -0.39 is 35.1 Å². The number of halogens is 3. The highest BCUT2D eigenvalue weighted by Crippen LogP contribution is 2.52. The van der Waals surface area contributed by atoms with Crippen LogP contribution in [0.4, 0.5) is 19.3 Å². The average Bonchev–Trinajstić information content (AvgIpc) is 4.06. The summed E-state index contributed by atoms with van der Waals surface area (Å²) in [6, 6.07) is 17.5. The Labute approximate surface area is 354 Å². The van der Waals surface area contributed by atoms with E-state index >= 15 is 8.78 Å². The number of nitrogens with zero attached hydrogens (tertiary/aromatic N) is 5. The quantitative estimate of drug-likeness (QED) is 0.108. The Morgan fingerprint density at radius 2 is 1.84 bits per heavy atom. The third-order valence-corrected chi connectivity index (χ3v) is 11.3. The smallest absolute Gasteiger partial charge is 0.328 e. The van der Waals surface area contributed by atoms with E-state index in [1.165, 1.54) is 24.2 Å². The highest BCUT2D eigenvalue weighted by Gasteiger charge is 2.50. The Hall–Kier alpha value is -6.01. The van der Waals surface area contributed by atoms with Crippen molar-refractivity contribution in [3.63, 3.8) is 0 Å². The maximum absolute atomic E-state index is 16.7. The molecule has 18 heteroatoms. The fourth-order valence-corrected chi connectivity index (χ4v) is 8.27. The van der Waals surface area contributed by atoms with Crippen molar-refractivity contribution in [2.75, 3.05) is 58.1 Å². The molecule has 4 amide bonds. The van der Waals surface area contributed by atoms with Gasteiger partial charge in [0.1, 0.15) is 23.9 Å². The molecule has 2 aromatic heterocycles. The van der Waals surface area contributed by atoms with Crippen LogP contribution in [-0.2, 0) is 32.8 Å². The molecule has 0 aliphatic carbocycles. The van der Waals surface area contributed by atoms with Gasteiger partial charge in [0, 0.05) is 66.6 Å². The molecule has 0 spiro atoms. The van der Waals surface area contributed by atoms with E-state index in [0.29, 0.717) is 36.6 Å². The standard InChI is InChI=1S/C43H43ClF2N8O7/c1-47-40(56)30-24-49-41(39(46)37(30)36-29-23-43(34-11-6-13-48-34,27-8-3-2-4-9-27)61-33(29)22-31(45)38(36)44)60-20-19-59-18-17-58-16-15-53-25-32(51-52-53)26-7-5-10-28(21-26)54-14-12-35(55)50-42(54)57/h2-5,7-10,21-22,24-25,34,48H,6,11-20,23H2,1H3,(H,47,56)(H,50,55,57)/t34-,43-/m0/s1. The third kappa shape index (κ3) is 8.64. The van der Waals surface area contributed by atoms with Crippen LogP contribution in [0.15, 0.2) is 73.1 Å². The van der Waals surface area contributed by atoms with E-state index in [1.54, 1.807) is 16.9 Å². The number of pyridine rings is 1. The fraction of sp³-hybridized carbons (Fsp3) is 0.349. The van der Waals surface area contributed by atoms with Crippen LogP contribution in [0.3, 0.4) is 0 Å². The van der Waals surface area contributed by atoms with E-state index in [9.17, 15) is 14.4 Å². The van der Waals surface area contributed by atoms with Crippen molar-refractivity contribution in [2.24, 2.45) is 0 Å². The Kier molecular flexibility index (Phi) is 12.5. The maximum atomic E-state index is 16.7. The van der Waals surface area contributed by atoms with Gasteiger partial charge < -0.3 is 29.6 Å². The number of hydrogen-bond donors (Lipinski definition) is 3. The van der Waals surface area contributed by atoms with E-state index in [0.717, 1.165) is 30.5 Å². The van der Waals surface area contributed by atoms with Crippen LogP contribution in [-0.4, -0.2) is 97.0 Å². The van der Waals surface area contributed by atoms with Gasteiger partial charge in [-0.2, -0.15) is 0 Å². The molecule has 61 heavy (non-hydrogen) atoms. The lowest BCUT2D eigenvalue weighted by atomic mass is 9.80. The highest BCUT2D eigenvalue weighted by atomic mass is 35.5. The summed E-state index contributed by atoms with van der Waals surface area (Å²) in [5.74, 6) is -2.94. The molecule has 15 nitrogen and oxygen atoms in total. The van der Waals surface area contributed by atoms with Gasteiger partial charge in [0.25, 0.3) is 11.8 Å². The summed E-state index contributed by atoms with van der Waals surface area (Å²) in [5.41, 5.74) is 2.03. The first-order chi connectivity index (χ1) is 29.7. The van der Waals surface area contributed by atoms with Crippen molar-refractivity contribution in [3.8, 4) is 34.0 Å². The van der Waals surface area contributed by atoms with Gasteiger partial charge in [0.15, 0.2) is 11.4 Å². The van der Waals surface area contributed by atoms with Crippen molar-refractivity contribution in [1.29, 1.82) is 0 Å². The molecule has 3 aromatic carbocycles. The van der Waals surface area contributed by atoms with Gasteiger partial charge in [-0.1, -0.05) is 59.3 Å². The molecule has 2 saturated heterocycles. The highest BCUT2D eigenvalue weighted by molar-refractivity contribution is 6.34. The van der Waals surface area contributed by atoms with E-state index in [2.05, 4.69) is 31.2 Å². The summed E-state index contributed by atoms with van der Waals surface area (Å²) in [6.07, 6.45) is 5.15. The molecule has 0 radical (unpaired) electrons. The molecule has 318 valence electrons. The van der Waals surface area contributed by atoms with E-state index in [1.807, 2.05) is 48.5 Å². The molecule has 5 aromatic rings. The average molecular weight is 857 g/mol. The van der Waals surface area contributed by atoms with Gasteiger partial charge in [-0.15, -0.1) is 5.10 Å². The number of aromatic nitrogens is 4. The predicted molar refractivity (Wildman–Crippen MR) is 220 cm³/mol. The van der Waals surface area contributed by atoms with Crippen LogP contribution < -0.4 is 30.3 Å². The van der Waals surface area contributed by atoms with Crippen molar-refractivity contribution in [3.05, 3.63) is 106 Å². The van der Waals surface area contributed by atoms with Gasteiger partial charge in [-0.05, 0) is 37.1 Å². The van der Waals surface area contributed by atoms with Gasteiger partial charge in [-0.25, -0.2) is 23.2 Å². The van der Waals surface area contributed by atoms with Crippen LogP contribution in [0, 0.1) is 11.6 Å². The molecule has 5 heterocycles. The number of carbonyl (C=O) groups excluding carboxylic acids is 3. The molecular weight excluding hydrogens is 814 g/mol. The zero-order valence-corrected chi connectivity index (χ0v) is 34.0. The normalized spacial score (nSPS) is 18.5. The summed E-state index contributed by atoms with van der Waals surface area (Å²) in [5, 5.41) is 16.4. The Morgan fingerprint density at radius 3 is 2.61 bits per heavy atom. The Balaban J connectivity index is 0.873. The van der Waals surface area contributed by atoms with Gasteiger partial charge in [0.05, 0.1) is 55.8 Å². The third-order valence-electron chi connectivity index (χ3n) is 11.0. The number of fused-ring (bicyclic) bond motifs is 1. The molecule has 3 aliphatic rings. The van der Waals surface area contributed by atoms with Crippen molar-refractivity contribution in [1.82, 2.24) is 35.9 Å². The lowest BCUT2D eigenvalue weighted by molar-refractivity contribution is -0.120. The second-order valence-electron chi connectivity index (χ2n) is 14.7. The van der Waals surface area contributed by atoms with Crippen LogP contribution >= 0.6 is 11.6 Å². The summed E-state index contributed by atoms with van der Waals surface area (Å²) in [7, 11) is 1.40. The first kappa shape index (κ1) is 41.7. The molecule has 2 fully saturated rings. The molecule has 3 N–H and O–H groups in total. The van der Waals surface area contributed by atoms with Gasteiger partial charge >= 0.3 is 6.03 Å². The molecular formula is C43H43ClF2N8O7. The number of nitrogens with one attached hydrogen (secondary N) is 3. The number of anilines is 1. The first-order valence-electron chi connectivity index (χ1n) is 20.0. The summed E-state index contributed by atoms with van der Waals surface area (Å²) in [6.45, 7) is 2.27. The van der Waals surface area contributed by atoms with E-state index in [4.69, 9.17) is 30.5 Å². The van der Waals surface area contributed by atoms with Gasteiger partial charge in [0.2, 0.25) is 5.91 Å². The molecule has 0 unspecified atom stereocenters. The SMILES string of the molecule is CNC(=O)c1cnc(OCCOCCOCCn2cc(-c3cccc(N4CCC(=O)NC4=O)c3)nn2)c(F)c1-c1c(Cl)c(F)cc2c1C[C@](c1ccccc1)([C@@H]1CCCN1)O2. The van der Waals surface area contributed by atoms with Crippen molar-refractivity contribution < 1.29 is 42.1 Å². The minimum atomic E-state index is -0.980. The minimum Gasteiger partial charge on any atom is -0.480 e. The predicted octanol–water partition coefficient (Wildman–Crippen LogP) is 5.44. The largest absolute Gasteiger partial charge is 0.480 e. The number of benzene rings is 3. The van der Waals surface area contributed by atoms with Gasteiger partial charge in [-0.3, -0.25) is 19.8 Å². The number of ether oxygens (including phenoxy) is 4. The second kappa shape index (κ2) is 18.3. The number of carbonyl (C=O) groups is 3. The molecule has 2 atom stereocenters. The molecule has 8 rings (SSSR count). The lowest BCUT2D eigenvalue weighted by Gasteiger charge is -2.35. The topological polar surface area (TPSA) is 171 Å². The lowest BCUT2D eigenvalue weighted by Crippen LogP contribution is -2.49. The number of urea groups is 1. The van der Waals surface area contributed by atoms with Crippen LogP contribution in [0.5, 0.6) is 11.6 Å². The molecule has 0 bridgehead atoms. The second-order valence-corrected chi connectivity index (χ2v) is 15.1. The summed E-state index contributed by atoms with van der Waals surface area (Å²) in [4.78, 5) is 42.6. The summed E-state index contributed by atoms with van der Waals surface area (Å²) < 4.78 is 57.7. The maximum Gasteiger partial charge on any atom is 0.328 e. The fourth-order valence-electron chi connectivity index (χ4n) is 8.00. The Morgan fingerprint density at radius 1 is 1.03 bits per heavy atom. The molecule has 0 saturated carbocycles. The minimum absolute atomic E-state index is 0.00326. The number of imide groups is 1. The monoisotopic (exact) mass is 856 g/mol. The van der Waals surface area contributed by atoms with Crippen LogP contribution in [0.1, 0.15) is 40.7 Å². The number of rotatable bonds is 16. The number of hydrogen-bond acceptors (Lipinski definition) is 11. The van der Waals surface area contributed by atoms with Crippen LogP contribution in [0.25, 0.3) is 22.4 Å². The summed E-state index contributed by atoms with van der Waals surface area (Å²) >= 11 is 6.68. The zero-order chi connectivity index (χ0) is 42.5. The van der Waals surface area contributed by atoms with Crippen molar-refractivity contribution in [2.45, 2.75) is 43.9 Å². The Bertz CT molecular complexity index is 2430. The number of amides is 4. The van der Waals surface area contributed by atoms with Crippen LogP contribution in [0.2, 0.25) is 5.02 Å². The molecule has 3 aliphatic heterocycles.